The molecule has 0 saturated carbocycles. The summed E-state index contributed by atoms with van der Waals surface area (Å²) in [4.78, 5) is 11.5. The van der Waals surface area contributed by atoms with Gasteiger partial charge in [-0.05, 0) is 30.5 Å². The highest BCUT2D eigenvalue weighted by atomic mass is 32.2. The summed E-state index contributed by atoms with van der Waals surface area (Å²) in [6.07, 6.45) is 2.31. The van der Waals surface area contributed by atoms with Crippen molar-refractivity contribution < 1.29 is 13.2 Å². The van der Waals surface area contributed by atoms with Gasteiger partial charge in [0.2, 0.25) is 15.9 Å². The van der Waals surface area contributed by atoms with Gasteiger partial charge in [-0.15, -0.1) is 0 Å². The average molecular weight is 296 g/mol. The third kappa shape index (κ3) is 3.37. The van der Waals surface area contributed by atoms with Crippen molar-refractivity contribution in [2.45, 2.75) is 37.6 Å². The summed E-state index contributed by atoms with van der Waals surface area (Å²) in [6.45, 7) is 3.44. The maximum absolute atomic E-state index is 12.3. The zero-order valence-corrected chi connectivity index (χ0v) is 12.4. The molecule has 6 heteroatoms. The lowest BCUT2D eigenvalue weighted by Gasteiger charge is -2.15. The normalized spacial score (nSPS) is 16.2. The Bertz CT molecular complexity index is 561. The molecule has 1 aromatic carbocycles. The highest BCUT2D eigenvalue weighted by Gasteiger charge is 2.26. The number of hydrogen-bond acceptors (Lipinski definition) is 3. The minimum atomic E-state index is -3.35. The number of benzene rings is 1. The fourth-order valence-electron chi connectivity index (χ4n) is 2.18. The standard InChI is InChI=1S/C14H20N2O3S/c1-2-14(17)15-11-12-5-7-13(8-6-12)20(18,19)16-9-3-4-10-16/h5-8H,2-4,9-11H2,1H3,(H,15,17). The van der Waals surface area contributed by atoms with Crippen LogP contribution >= 0.6 is 0 Å². The Morgan fingerprint density at radius 3 is 2.35 bits per heavy atom. The molecule has 0 bridgehead atoms. The molecule has 0 spiro atoms. The van der Waals surface area contributed by atoms with Crippen LogP contribution in [0.1, 0.15) is 31.7 Å². The number of carbonyl (C=O) groups is 1. The molecular formula is C14H20N2O3S. The molecule has 1 aliphatic heterocycles. The van der Waals surface area contributed by atoms with E-state index in [9.17, 15) is 13.2 Å². The summed E-state index contributed by atoms with van der Waals surface area (Å²) in [5.74, 6) is -0.0150. The van der Waals surface area contributed by atoms with E-state index in [-0.39, 0.29) is 5.91 Å². The van der Waals surface area contributed by atoms with Gasteiger partial charge >= 0.3 is 0 Å². The van der Waals surface area contributed by atoms with Gasteiger partial charge in [0.25, 0.3) is 0 Å². The van der Waals surface area contributed by atoms with Crippen LogP contribution in [0.15, 0.2) is 29.2 Å². The average Bonchev–Trinajstić information content (AvgIpc) is 3.00. The number of rotatable bonds is 5. The van der Waals surface area contributed by atoms with E-state index in [1.54, 1.807) is 31.2 Å². The van der Waals surface area contributed by atoms with Gasteiger partial charge in [0, 0.05) is 26.1 Å². The number of nitrogens with one attached hydrogen (secondary N) is 1. The maximum Gasteiger partial charge on any atom is 0.243 e. The summed E-state index contributed by atoms with van der Waals surface area (Å²) in [6, 6.07) is 6.72. The molecular weight excluding hydrogens is 276 g/mol. The molecule has 0 atom stereocenters. The van der Waals surface area contributed by atoms with Crippen LogP contribution in [-0.4, -0.2) is 31.7 Å². The van der Waals surface area contributed by atoms with Crippen LogP contribution in [0.2, 0.25) is 0 Å². The van der Waals surface area contributed by atoms with E-state index in [1.165, 1.54) is 4.31 Å². The summed E-state index contributed by atoms with van der Waals surface area (Å²) >= 11 is 0. The number of hydrogen-bond donors (Lipinski definition) is 1. The van der Waals surface area contributed by atoms with Crippen molar-refractivity contribution >= 4 is 15.9 Å². The monoisotopic (exact) mass is 296 g/mol. The molecule has 1 amide bonds. The predicted molar refractivity (Wildman–Crippen MR) is 76.6 cm³/mol. The fraction of sp³-hybridized carbons (Fsp3) is 0.500. The molecule has 2 rings (SSSR count). The van der Waals surface area contributed by atoms with Crippen LogP contribution < -0.4 is 5.32 Å². The molecule has 0 radical (unpaired) electrons. The van der Waals surface area contributed by atoms with Gasteiger partial charge in [0.15, 0.2) is 0 Å². The lowest BCUT2D eigenvalue weighted by atomic mass is 10.2. The van der Waals surface area contributed by atoms with Crippen LogP contribution in [0.3, 0.4) is 0 Å². The first-order valence-corrected chi connectivity index (χ1v) is 8.34. The highest BCUT2D eigenvalue weighted by molar-refractivity contribution is 7.89. The molecule has 20 heavy (non-hydrogen) atoms. The molecule has 1 aromatic rings. The second-order valence-corrected chi connectivity index (χ2v) is 6.82. The van der Waals surface area contributed by atoms with Crippen molar-refractivity contribution in [2.75, 3.05) is 13.1 Å². The molecule has 5 nitrogen and oxygen atoms in total. The van der Waals surface area contributed by atoms with Crippen LogP contribution in [0.4, 0.5) is 0 Å². The Balaban J connectivity index is 2.06. The largest absolute Gasteiger partial charge is 0.352 e. The number of sulfonamides is 1. The Morgan fingerprint density at radius 2 is 1.80 bits per heavy atom. The fourth-order valence-corrected chi connectivity index (χ4v) is 3.70. The molecule has 1 heterocycles. The highest BCUT2D eigenvalue weighted by Crippen LogP contribution is 2.20. The zero-order chi connectivity index (χ0) is 14.6. The summed E-state index contributed by atoms with van der Waals surface area (Å²) in [5.41, 5.74) is 0.896. The van der Waals surface area contributed by atoms with Crippen molar-refractivity contribution in [2.24, 2.45) is 0 Å². The molecule has 110 valence electrons. The second kappa shape index (κ2) is 6.37. The van der Waals surface area contributed by atoms with E-state index in [1.807, 2.05) is 0 Å². The van der Waals surface area contributed by atoms with Gasteiger partial charge in [0.05, 0.1) is 4.90 Å². The van der Waals surface area contributed by atoms with Crippen molar-refractivity contribution in [3.8, 4) is 0 Å². The van der Waals surface area contributed by atoms with Crippen molar-refractivity contribution in [3.63, 3.8) is 0 Å². The van der Waals surface area contributed by atoms with Crippen LogP contribution in [0, 0.1) is 0 Å². The first kappa shape index (κ1) is 15.0. The molecule has 0 aromatic heterocycles. The first-order valence-electron chi connectivity index (χ1n) is 6.90. The van der Waals surface area contributed by atoms with E-state index in [4.69, 9.17) is 0 Å². The summed E-state index contributed by atoms with van der Waals surface area (Å²) < 4.78 is 26.2. The topological polar surface area (TPSA) is 66.5 Å². The lowest BCUT2D eigenvalue weighted by molar-refractivity contribution is -0.120. The van der Waals surface area contributed by atoms with Gasteiger partial charge < -0.3 is 5.32 Å². The van der Waals surface area contributed by atoms with E-state index < -0.39 is 10.0 Å². The Labute approximate surface area is 120 Å². The predicted octanol–water partition coefficient (Wildman–Crippen LogP) is 1.50. The smallest absolute Gasteiger partial charge is 0.243 e. The molecule has 0 unspecified atom stereocenters. The zero-order valence-electron chi connectivity index (χ0n) is 11.6. The number of nitrogens with zero attached hydrogens (tertiary/aromatic N) is 1. The Morgan fingerprint density at radius 1 is 1.20 bits per heavy atom. The van der Waals surface area contributed by atoms with E-state index in [0.717, 1.165) is 18.4 Å². The van der Waals surface area contributed by atoms with Crippen molar-refractivity contribution in [1.29, 1.82) is 0 Å². The van der Waals surface area contributed by atoms with Gasteiger partial charge in [-0.25, -0.2) is 8.42 Å². The number of carbonyl (C=O) groups excluding carboxylic acids is 1. The molecule has 1 aliphatic rings. The van der Waals surface area contributed by atoms with E-state index >= 15 is 0 Å². The second-order valence-electron chi connectivity index (χ2n) is 4.89. The summed E-state index contributed by atoms with van der Waals surface area (Å²) in [7, 11) is -3.35. The van der Waals surface area contributed by atoms with E-state index in [2.05, 4.69) is 5.32 Å². The third-order valence-corrected chi connectivity index (χ3v) is 5.35. The Kier molecular flexibility index (Phi) is 4.77. The van der Waals surface area contributed by atoms with Gasteiger partial charge in [0.1, 0.15) is 0 Å². The van der Waals surface area contributed by atoms with E-state index in [0.29, 0.717) is 31.0 Å². The molecule has 1 saturated heterocycles. The number of amides is 1. The van der Waals surface area contributed by atoms with Gasteiger partial charge in [-0.2, -0.15) is 4.31 Å². The SMILES string of the molecule is CCC(=O)NCc1ccc(S(=O)(=O)N2CCCC2)cc1. The summed E-state index contributed by atoms with van der Waals surface area (Å²) in [5, 5.41) is 2.76. The van der Waals surface area contributed by atoms with Crippen LogP contribution in [0.25, 0.3) is 0 Å². The molecule has 1 fully saturated rings. The van der Waals surface area contributed by atoms with Crippen LogP contribution in [-0.2, 0) is 21.4 Å². The molecule has 0 aliphatic carbocycles. The third-order valence-electron chi connectivity index (χ3n) is 3.44. The van der Waals surface area contributed by atoms with Gasteiger partial charge in [-0.1, -0.05) is 19.1 Å². The van der Waals surface area contributed by atoms with Gasteiger partial charge in [-0.3, -0.25) is 4.79 Å². The van der Waals surface area contributed by atoms with Crippen LogP contribution in [0.5, 0.6) is 0 Å². The Hall–Kier alpha value is -1.40. The van der Waals surface area contributed by atoms with Crippen molar-refractivity contribution in [3.05, 3.63) is 29.8 Å². The minimum Gasteiger partial charge on any atom is -0.352 e. The quantitative estimate of drug-likeness (QED) is 0.895. The maximum atomic E-state index is 12.3. The first-order chi connectivity index (χ1) is 9.54. The van der Waals surface area contributed by atoms with Crippen molar-refractivity contribution in [1.82, 2.24) is 9.62 Å². The lowest BCUT2D eigenvalue weighted by Crippen LogP contribution is -2.27. The molecule has 1 N–H and O–H groups in total. The minimum absolute atomic E-state index is 0.0150.